The molecule has 3 rings (SSSR count). The SMILES string of the molecule is Cc1oc(CN2CCN3CCCCC3C2)cc1C(=O)NN. The van der Waals surface area contributed by atoms with Crippen molar-refractivity contribution >= 4 is 5.91 Å². The Morgan fingerprint density at radius 1 is 1.43 bits per heavy atom. The minimum Gasteiger partial charge on any atom is -0.464 e. The maximum atomic E-state index is 11.6. The first-order chi connectivity index (χ1) is 10.2. The number of carbonyl (C=O) groups is 1. The molecule has 1 aromatic rings. The van der Waals surface area contributed by atoms with Gasteiger partial charge < -0.3 is 4.42 Å². The Bertz CT molecular complexity index is 514. The van der Waals surface area contributed by atoms with Crippen LogP contribution >= 0.6 is 0 Å². The third kappa shape index (κ3) is 3.12. The summed E-state index contributed by atoms with van der Waals surface area (Å²) >= 11 is 0. The molecule has 0 aliphatic carbocycles. The zero-order valence-corrected chi connectivity index (χ0v) is 12.6. The van der Waals surface area contributed by atoms with Gasteiger partial charge >= 0.3 is 0 Å². The third-order valence-electron chi connectivity index (χ3n) is 4.65. The van der Waals surface area contributed by atoms with Gasteiger partial charge in [0, 0.05) is 25.7 Å². The molecule has 0 radical (unpaired) electrons. The van der Waals surface area contributed by atoms with Gasteiger partial charge in [-0.2, -0.15) is 0 Å². The second-order valence-corrected chi connectivity index (χ2v) is 6.08. The number of piperidine rings is 1. The summed E-state index contributed by atoms with van der Waals surface area (Å²) in [5, 5.41) is 0. The molecule has 2 fully saturated rings. The fraction of sp³-hybridized carbons (Fsp3) is 0.667. The number of nitrogen functional groups attached to an aromatic ring is 1. The normalized spacial score (nSPS) is 23.8. The summed E-state index contributed by atoms with van der Waals surface area (Å²) in [5.41, 5.74) is 2.69. The van der Waals surface area contributed by atoms with Gasteiger partial charge in [0.05, 0.1) is 12.1 Å². The van der Waals surface area contributed by atoms with E-state index in [1.165, 1.54) is 25.8 Å². The van der Waals surface area contributed by atoms with Crippen LogP contribution in [0.1, 0.15) is 41.1 Å². The van der Waals surface area contributed by atoms with Crippen LogP contribution < -0.4 is 11.3 Å². The molecule has 0 aromatic carbocycles. The average molecular weight is 292 g/mol. The highest BCUT2D eigenvalue weighted by molar-refractivity contribution is 5.94. The van der Waals surface area contributed by atoms with Gasteiger partial charge in [-0.3, -0.25) is 20.0 Å². The second-order valence-electron chi connectivity index (χ2n) is 6.08. The van der Waals surface area contributed by atoms with E-state index in [1.54, 1.807) is 6.92 Å². The number of amides is 1. The smallest absolute Gasteiger partial charge is 0.268 e. The molecule has 2 aliphatic heterocycles. The number of nitrogens with one attached hydrogen (secondary N) is 1. The number of hydrogen-bond donors (Lipinski definition) is 2. The van der Waals surface area contributed by atoms with Crippen molar-refractivity contribution in [2.45, 2.75) is 38.8 Å². The van der Waals surface area contributed by atoms with Gasteiger partial charge in [-0.1, -0.05) is 6.42 Å². The Balaban J connectivity index is 1.63. The van der Waals surface area contributed by atoms with Crippen LogP contribution in [-0.2, 0) is 6.54 Å². The second kappa shape index (κ2) is 6.17. The van der Waals surface area contributed by atoms with Gasteiger partial charge in [0.25, 0.3) is 5.91 Å². The number of nitrogens with zero attached hydrogens (tertiary/aromatic N) is 2. The minimum absolute atomic E-state index is 0.292. The highest BCUT2D eigenvalue weighted by Crippen LogP contribution is 2.23. The molecule has 3 N–H and O–H groups in total. The summed E-state index contributed by atoms with van der Waals surface area (Å²) in [6.45, 7) is 7.11. The van der Waals surface area contributed by atoms with Crippen LogP contribution in [0.4, 0.5) is 0 Å². The Kier molecular flexibility index (Phi) is 4.28. The van der Waals surface area contributed by atoms with E-state index < -0.39 is 0 Å². The van der Waals surface area contributed by atoms with Crippen LogP contribution in [0.5, 0.6) is 0 Å². The van der Waals surface area contributed by atoms with E-state index >= 15 is 0 Å². The average Bonchev–Trinajstić information content (AvgIpc) is 2.87. The maximum Gasteiger partial charge on any atom is 0.268 e. The molecule has 6 nitrogen and oxygen atoms in total. The van der Waals surface area contributed by atoms with Gasteiger partial charge in [0.15, 0.2) is 0 Å². The third-order valence-corrected chi connectivity index (χ3v) is 4.65. The highest BCUT2D eigenvalue weighted by Gasteiger charge is 2.29. The van der Waals surface area contributed by atoms with Crippen LogP contribution in [-0.4, -0.2) is 47.9 Å². The molecule has 1 aromatic heterocycles. The summed E-state index contributed by atoms with van der Waals surface area (Å²) in [6.07, 6.45) is 3.98. The summed E-state index contributed by atoms with van der Waals surface area (Å²) in [5.74, 6) is 6.36. The Morgan fingerprint density at radius 3 is 3.10 bits per heavy atom. The number of fused-ring (bicyclic) bond motifs is 1. The highest BCUT2D eigenvalue weighted by atomic mass is 16.3. The van der Waals surface area contributed by atoms with Gasteiger partial charge in [-0.15, -0.1) is 0 Å². The molecular weight excluding hydrogens is 268 g/mol. The fourth-order valence-electron chi connectivity index (χ4n) is 3.51. The standard InChI is InChI=1S/C15H24N4O2/c1-11-14(15(20)17-16)8-13(21-11)10-18-6-7-19-5-3-2-4-12(19)9-18/h8,12H,2-7,9-10,16H2,1H3,(H,17,20). The molecule has 2 saturated heterocycles. The van der Waals surface area contributed by atoms with Crippen molar-refractivity contribution in [2.75, 3.05) is 26.2 Å². The molecular formula is C15H24N4O2. The van der Waals surface area contributed by atoms with Gasteiger partial charge in [0.1, 0.15) is 11.5 Å². The number of piperazine rings is 1. The molecule has 1 unspecified atom stereocenters. The monoisotopic (exact) mass is 292 g/mol. The number of nitrogens with two attached hydrogens (primary N) is 1. The van der Waals surface area contributed by atoms with Crippen molar-refractivity contribution in [1.82, 2.24) is 15.2 Å². The molecule has 2 aliphatic rings. The van der Waals surface area contributed by atoms with Crippen molar-refractivity contribution < 1.29 is 9.21 Å². The quantitative estimate of drug-likeness (QED) is 0.491. The number of carbonyl (C=O) groups excluding carboxylic acids is 1. The molecule has 3 heterocycles. The van der Waals surface area contributed by atoms with E-state index in [0.717, 1.165) is 31.9 Å². The molecule has 6 heteroatoms. The first-order valence-electron chi connectivity index (χ1n) is 7.74. The lowest BCUT2D eigenvalue weighted by atomic mass is 9.99. The van der Waals surface area contributed by atoms with Crippen LogP contribution in [0.3, 0.4) is 0 Å². The fourth-order valence-corrected chi connectivity index (χ4v) is 3.51. The zero-order chi connectivity index (χ0) is 14.8. The Morgan fingerprint density at radius 2 is 2.29 bits per heavy atom. The van der Waals surface area contributed by atoms with Crippen molar-refractivity contribution in [1.29, 1.82) is 0 Å². The first-order valence-corrected chi connectivity index (χ1v) is 7.74. The predicted molar refractivity (Wildman–Crippen MR) is 79.6 cm³/mol. The van der Waals surface area contributed by atoms with E-state index in [0.29, 0.717) is 17.4 Å². The lowest BCUT2D eigenvalue weighted by molar-refractivity contribution is 0.0425. The molecule has 1 atom stereocenters. The van der Waals surface area contributed by atoms with Crippen molar-refractivity contribution in [3.8, 4) is 0 Å². The van der Waals surface area contributed by atoms with E-state index in [-0.39, 0.29) is 5.91 Å². The Hall–Kier alpha value is -1.37. The minimum atomic E-state index is -0.292. The molecule has 0 bridgehead atoms. The lowest BCUT2D eigenvalue weighted by Gasteiger charge is -2.43. The van der Waals surface area contributed by atoms with Gasteiger partial charge in [-0.25, -0.2) is 5.84 Å². The van der Waals surface area contributed by atoms with E-state index in [4.69, 9.17) is 10.3 Å². The molecule has 21 heavy (non-hydrogen) atoms. The molecule has 116 valence electrons. The first kappa shape index (κ1) is 14.6. The van der Waals surface area contributed by atoms with Crippen LogP contribution in [0.25, 0.3) is 0 Å². The Labute approximate surface area is 125 Å². The number of hydrogen-bond acceptors (Lipinski definition) is 5. The molecule has 0 saturated carbocycles. The number of furan rings is 1. The van der Waals surface area contributed by atoms with E-state index in [9.17, 15) is 4.79 Å². The molecule has 0 spiro atoms. The van der Waals surface area contributed by atoms with Crippen molar-refractivity contribution in [2.24, 2.45) is 5.84 Å². The topological polar surface area (TPSA) is 74.7 Å². The maximum absolute atomic E-state index is 11.6. The van der Waals surface area contributed by atoms with Crippen LogP contribution in [0.15, 0.2) is 10.5 Å². The van der Waals surface area contributed by atoms with Gasteiger partial charge in [-0.05, 0) is 32.4 Å². The zero-order valence-electron chi connectivity index (χ0n) is 12.6. The van der Waals surface area contributed by atoms with Crippen LogP contribution in [0.2, 0.25) is 0 Å². The van der Waals surface area contributed by atoms with E-state index in [2.05, 4.69) is 15.2 Å². The number of rotatable bonds is 3. The van der Waals surface area contributed by atoms with Crippen molar-refractivity contribution in [3.63, 3.8) is 0 Å². The summed E-state index contributed by atoms with van der Waals surface area (Å²) in [7, 11) is 0. The van der Waals surface area contributed by atoms with Crippen LogP contribution in [0, 0.1) is 6.92 Å². The number of hydrazine groups is 1. The van der Waals surface area contributed by atoms with Crippen molar-refractivity contribution in [3.05, 3.63) is 23.2 Å². The summed E-state index contributed by atoms with van der Waals surface area (Å²) < 4.78 is 5.70. The lowest BCUT2D eigenvalue weighted by Crippen LogP contribution is -2.54. The molecule has 1 amide bonds. The largest absolute Gasteiger partial charge is 0.464 e. The van der Waals surface area contributed by atoms with E-state index in [1.807, 2.05) is 6.07 Å². The summed E-state index contributed by atoms with van der Waals surface area (Å²) in [6, 6.07) is 2.50. The summed E-state index contributed by atoms with van der Waals surface area (Å²) in [4.78, 5) is 16.6. The number of aryl methyl sites for hydroxylation is 1. The predicted octanol–water partition coefficient (Wildman–Crippen LogP) is 0.862. The van der Waals surface area contributed by atoms with Gasteiger partial charge in [0.2, 0.25) is 0 Å².